The molecule has 3 N–H and O–H groups in total. The summed E-state index contributed by atoms with van der Waals surface area (Å²) in [5, 5.41) is 5.98. The first-order chi connectivity index (χ1) is 8.02. The van der Waals surface area contributed by atoms with Crippen molar-refractivity contribution in [3.8, 4) is 12.3 Å². The van der Waals surface area contributed by atoms with Crippen molar-refractivity contribution < 1.29 is 4.79 Å². The number of fused-ring (bicyclic) bond motifs is 1. The molecular formula is C12H16N4O. The second kappa shape index (κ2) is 4.22. The SMILES string of the molecule is C#CC(C)(C)NC(=O)C1Cc2nc[nH]c2CN1. The molecule has 2 rings (SSSR count). The molecule has 0 aliphatic carbocycles. The Balaban J connectivity index is 2.02. The molecule has 0 saturated carbocycles. The van der Waals surface area contributed by atoms with Crippen molar-refractivity contribution in [2.75, 3.05) is 0 Å². The largest absolute Gasteiger partial charge is 0.347 e. The van der Waals surface area contributed by atoms with Gasteiger partial charge in [0, 0.05) is 13.0 Å². The monoisotopic (exact) mass is 232 g/mol. The number of H-pyrrole nitrogens is 1. The third-order valence-electron chi connectivity index (χ3n) is 2.84. The number of terminal acetylenes is 1. The minimum absolute atomic E-state index is 0.0819. The molecule has 1 aromatic heterocycles. The number of amides is 1. The number of rotatable bonds is 2. The Morgan fingerprint density at radius 1 is 1.71 bits per heavy atom. The van der Waals surface area contributed by atoms with Crippen LogP contribution in [0, 0.1) is 12.3 Å². The van der Waals surface area contributed by atoms with Gasteiger partial charge in [-0.15, -0.1) is 6.42 Å². The molecule has 1 aromatic rings. The maximum Gasteiger partial charge on any atom is 0.238 e. The Hall–Kier alpha value is -1.80. The van der Waals surface area contributed by atoms with E-state index >= 15 is 0 Å². The number of hydrogen-bond acceptors (Lipinski definition) is 3. The lowest BCUT2D eigenvalue weighted by atomic mass is 10.0. The molecule has 0 radical (unpaired) electrons. The zero-order valence-corrected chi connectivity index (χ0v) is 10.0. The number of hydrogen-bond donors (Lipinski definition) is 3. The number of nitrogens with zero attached hydrogens (tertiary/aromatic N) is 1. The van der Waals surface area contributed by atoms with Crippen molar-refractivity contribution in [1.29, 1.82) is 0 Å². The average Bonchev–Trinajstić information content (AvgIpc) is 2.75. The summed E-state index contributed by atoms with van der Waals surface area (Å²) in [4.78, 5) is 19.2. The van der Waals surface area contributed by atoms with Gasteiger partial charge in [0.1, 0.15) is 0 Å². The van der Waals surface area contributed by atoms with Crippen LogP contribution in [-0.4, -0.2) is 27.5 Å². The first kappa shape index (κ1) is 11.7. The van der Waals surface area contributed by atoms with E-state index in [1.165, 1.54) is 0 Å². The van der Waals surface area contributed by atoms with E-state index in [4.69, 9.17) is 6.42 Å². The fourth-order valence-electron chi connectivity index (χ4n) is 1.79. The van der Waals surface area contributed by atoms with Crippen LogP contribution in [0.2, 0.25) is 0 Å². The Morgan fingerprint density at radius 2 is 2.47 bits per heavy atom. The lowest BCUT2D eigenvalue weighted by Gasteiger charge is -2.26. The minimum atomic E-state index is -0.620. The third kappa shape index (κ3) is 2.48. The number of imidazole rings is 1. The number of nitrogens with one attached hydrogen (secondary N) is 3. The molecule has 0 saturated heterocycles. The summed E-state index contributed by atoms with van der Waals surface area (Å²) in [6.07, 6.45) is 7.58. The normalized spacial score (nSPS) is 19.2. The van der Waals surface area contributed by atoms with Gasteiger partial charge in [0.25, 0.3) is 0 Å². The molecule has 0 bridgehead atoms. The van der Waals surface area contributed by atoms with Crippen LogP contribution in [0.3, 0.4) is 0 Å². The van der Waals surface area contributed by atoms with E-state index in [1.807, 2.05) is 0 Å². The van der Waals surface area contributed by atoms with Gasteiger partial charge in [-0.1, -0.05) is 5.92 Å². The molecule has 1 amide bonds. The molecule has 1 unspecified atom stereocenters. The Morgan fingerprint density at radius 3 is 3.18 bits per heavy atom. The molecule has 5 heteroatoms. The summed E-state index contributed by atoms with van der Waals surface area (Å²) in [5.41, 5.74) is 1.37. The standard InChI is InChI=1S/C12H16N4O/c1-4-12(2,3)16-11(17)9-5-8-10(6-13-9)15-7-14-8/h1,7,9,13H,5-6H2,2-3H3,(H,14,15)(H,16,17). The predicted molar refractivity (Wildman–Crippen MR) is 64.0 cm³/mol. The van der Waals surface area contributed by atoms with Crippen molar-refractivity contribution >= 4 is 5.91 Å². The first-order valence-electron chi connectivity index (χ1n) is 5.56. The topological polar surface area (TPSA) is 69.8 Å². The molecule has 0 fully saturated rings. The van der Waals surface area contributed by atoms with Gasteiger partial charge in [0.05, 0.1) is 29.3 Å². The fourth-order valence-corrected chi connectivity index (χ4v) is 1.79. The van der Waals surface area contributed by atoms with Gasteiger partial charge in [0.15, 0.2) is 0 Å². The van der Waals surface area contributed by atoms with Crippen LogP contribution < -0.4 is 10.6 Å². The maximum atomic E-state index is 12.0. The van der Waals surface area contributed by atoms with Gasteiger partial charge in [-0.05, 0) is 13.8 Å². The van der Waals surface area contributed by atoms with E-state index in [-0.39, 0.29) is 11.9 Å². The lowest BCUT2D eigenvalue weighted by molar-refractivity contribution is -0.124. The average molecular weight is 232 g/mol. The van der Waals surface area contributed by atoms with Crippen LogP contribution in [0.4, 0.5) is 0 Å². The Bertz CT molecular complexity index is 469. The Kier molecular flexibility index (Phi) is 2.90. The quantitative estimate of drug-likeness (QED) is 0.626. The predicted octanol–water partition coefficient (Wildman–Crippen LogP) is -0.0480. The van der Waals surface area contributed by atoms with Gasteiger partial charge in [-0.25, -0.2) is 4.98 Å². The van der Waals surface area contributed by atoms with Crippen LogP contribution in [0.1, 0.15) is 25.2 Å². The molecule has 17 heavy (non-hydrogen) atoms. The van der Waals surface area contributed by atoms with Crippen LogP contribution in [0.15, 0.2) is 6.33 Å². The van der Waals surface area contributed by atoms with E-state index in [1.54, 1.807) is 20.2 Å². The second-order valence-corrected chi connectivity index (χ2v) is 4.72. The van der Waals surface area contributed by atoms with Crippen LogP contribution in [-0.2, 0) is 17.8 Å². The highest BCUT2D eigenvalue weighted by atomic mass is 16.2. The van der Waals surface area contributed by atoms with Gasteiger partial charge in [-0.2, -0.15) is 0 Å². The molecule has 1 aliphatic rings. The van der Waals surface area contributed by atoms with Crippen molar-refractivity contribution in [3.63, 3.8) is 0 Å². The van der Waals surface area contributed by atoms with Crippen molar-refractivity contribution in [3.05, 3.63) is 17.7 Å². The second-order valence-electron chi connectivity index (χ2n) is 4.72. The smallest absolute Gasteiger partial charge is 0.238 e. The molecular weight excluding hydrogens is 216 g/mol. The fraction of sp³-hybridized carbons (Fsp3) is 0.500. The van der Waals surface area contributed by atoms with Crippen LogP contribution in [0.25, 0.3) is 0 Å². The van der Waals surface area contributed by atoms with Crippen molar-refractivity contribution in [1.82, 2.24) is 20.6 Å². The maximum absolute atomic E-state index is 12.0. The summed E-state index contributed by atoms with van der Waals surface area (Å²) in [6.45, 7) is 4.23. The highest BCUT2D eigenvalue weighted by molar-refractivity contribution is 5.83. The van der Waals surface area contributed by atoms with Gasteiger partial charge in [0.2, 0.25) is 5.91 Å². The highest BCUT2D eigenvalue weighted by Crippen LogP contribution is 2.13. The van der Waals surface area contributed by atoms with Gasteiger partial charge >= 0.3 is 0 Å². The number of aromatic nitrogens is 2. The highest BCUT2D eigenvalue weighted by Gasteiger charge is 2.28. The van der Waals surface area contributed by atoms with Crippen molar-refractivity contribution in [2.45, 2.75) is 38.4 Å². The minimum Gasteiger partial charge on any atom is -0.347 e. The van der Waals surface area contributed by atoms with Crippen molar-refractivity contribution in [2.24, 2.45) is 0 Å². The van der Waals surface area contributed by atoms with Gasteiger partial charge < -0.3 is 10.3 Å². The molecule has 0 spiro atoms. The summed E-state index contributed by atoms with van der Waals surface area (Å²) in [6, 6.07) is -0.265. The molecule has 1 atom stereocenters. The first-order valence-corrected chi connectivity index (χ1v) is 5.56. The molecule has 90 valence electrons. The number of carbonyl (C=O) groups is 1. The zero-order valence-electron chi connectivity index (χ0n) is 10.0. The molecule has 2 heterocycles. The third-order valence-corrected chi connectivity index (χ3v) is 2.84. The molecule has 0 aromatic carbocycles. The molecule has 5 nitrogen and oxygen atoms in total. The van der Waals surface area contributed by atoms with E-state index in [0.29, 0.717) is 13.0 Å². The number of carbonyl (C=O) groups excluding carboxylic acids is 1. The van der Waals surface area contributed by atoms with Gasteiger partial charge in [-0.3, -0.25) is 10.1 Å². The summed E-state index contributed by atoms with van der Waals surface area (Å²) < 4.78 is 0. The summed E-state index contributed by atoms with van der Waals surface area (Å²) in [5.74, 6) is 2.46. The van der Waals surface area contributed by atoms with E-state index in [0.717, 1.165) is 11.4 Å². The summed E-state index contributed by atoms with van der Waals surface area (Å²) in [7, 11) is 0. The number of aromatic amines is 1. The van der Waals surface area contributed by atoms with Crippen LogP contribution in [0.5, 0.6) is 0 Å². The molecule has 1 aliphatic heterocycles. The summed E-state index contributed by atoms with van der Waals surface area (Å²) >= 11 is 0. The lowest BCUT2D eigenvalue weighted by Crippen LogP contribution is -2.53. The van der Waals surface area contributed by atoms with Crippen LogP contribution >= 0.6 is 0 Å². The van der Waals surface area contributed by atoms with E-state index < -0.39 is 5.54 Å². The Labute approximate surface area is 100 Å². The van der Waals surface area contributed by atoms with E-state index in [2.05, 4.69) is 26.5 Å². The zero-order chi connectivity index (χ0) is 12.5. The van der Waals surface area contributed by atoms with E-state index in [9.17, 15) is 4.79 Å².